The molecule has 1 saturated heterocycles. The van der Waals surface area contributed by atoms with Crippen molar-refractivity contribution < 1.29 is 5.48 Å². The third-order valence-corrected chi connectivity index (χ3v) is 3.79. The van der Waals surface area contributed by atoms with Crippen LogP contribution in [-0.4, -0.2) is 36.8 Å². The number of rotatable bonds is 0. The van der Waals surface area contributed by atoms with Gasteiger partial charge in [-0.05, 0) is 30.3 Å². The van der Waals surface area contributed by atoms with Gasteiger partial charge in [0.1, 0.15) is 5.84 Å². The van der Waals surface area contributed by atoms with E-state index < -0.39 is 13.0 Å². The number of amidine groups is 1. The Hall–Kier alpha value is -2.04. The Morgan fingerprint density at radius 3 is 2.77 bits per heavy atom. The Labute approximate surface area is 140 Å². The molecule has 2 aromatic rings. The number of hydrogen-bond acceptors (Lipinski definition) is 4. The molecule has 0 bridgehead atoms. The van der Waals surface area contributed by atoms with Gasteiger partial charge >= 0.3 is 0 Å². The van der Waals surface area contributed by atoms with Crippen LogP contribution >= 0.6 is 11.6 Å². The molecule has 1 fully saturated rings. The molecule has 0 aliphatic carbocycles. The molecular weight excluding hydrogens is 296 g/mol. The van der Waals surface area contributed by atoms with Gasteiger partial charge in [-0.1, -0.05) is 23.7 Å². The lowest BCUT2D eigenvalue weighted by Crippen LogP contribution is -2.46. The second kappa shape index (κ2) is 5.63. The third kappa shape index (κ3) is 2.45. The number of anilines is 2. The number of nitrogens with zero attached hydrogens (tertiary/aromatic N) is 2. The first-order valence-corrected chi connectivity index (χ1v) is 7.41. The van der Waals surface area contributed by atoms with Gasteiger partial charge in [-0.25, -0.2) is 4.99 Å². The molecule has 0 saturated carbocycles. The second-order valence-corrected chi connectivity index (χ2v) is 5.46. The number of hydrogen-bond donors (Lipinski definition) is 2. The molecular formula is C17H17ClN4. The van der Waals surface area contributed by atoms with Gasteiger partial charge in [-0.3, -0.25) is 0 Å². The molecule has 0 aromatic heterocycles. The fraction of sp³-hybridized carbons (Fsp3) is 0.235. The molecule has 2 aromatic carbocycles. The summed E-state index contributed by atoms with van der Waals surface area (Å²) in [4.78, 5) is 5.78. The Kier molecular flexibility index (Phi) is 2.53. The lowest BCUT2D eigenvalue weighted by molar-refractivity contribution is 0.358. The Balaban J connectivity index is 1.98. The molecule has 2 heterocycles. The normalized spacial score (nSPS) is 24.2. The van der Waals surface area contributed by atoms with Gasteiger partial charge in [-0.15, -0.1) is 0 Å². The van der Waals surface area contributed by atoms with Crippen LogP contribution in [0.25, 0.3) is 0 Å². The van der Waals surface area contributed by atoms with Crippen LogP contribution in [-0.2, 0) is 0 Å². The standard InChI is InChI=1S/C17H17ClN4/c18-12-5-6-15-16(11-12)21-17(22-9-7-19-8-10-22)13-3-1-2-4-14(13)20-15/h1-6,11,19-20H,7-10H2/i9D2,10D2. The zero-order valence-corrected chi connectivity index (χ0v) is 12.5. The van der Waals surface area contributed by atoms with Gasteiger partial charge in [0.05, 0.1) is 16.9 Å². The minimum Gasteiger partial charge on any atom is -0.353 e. The van der Waals surface area contributed by atoms with Gasteiger partial charge in [0.25, 0.3) is 0 Å². The van der Waals surface area contributed by atoms with Gasteiger partial charge in [0.2, 0.25) is 0 Å². The monoisotopic (exact) mass is 316 g/mol. The van der Waals surface area contributed by atoms with E-state index in [1.165, 1.54) is 0 Å². The first kappa shape index (κ1) is 9.87. The summed E-state index contributed by atoms with van der Waals surface area (Å²) in [5.74, 6) is 0.241. The van der Waals surface area contributed by atoms with Gasteiger partial charge < -0.3 is 15.5 Å². The number of halogens is 1. The van der Waals surface area contributed by atoms with Crippen molar-refractivity contribution in [2.45, 2.75) is 0 Å². The molecule has 0 radical (unpaired) electrons. The number of fused-ring (bicyclic) bond motifs is 2. The van der Waals surface area contributed by atoms with Crippen LogP contribution in [0.3, 0.4) is 0 Å². The van der Waals surface area contributed by atoms with E-state index in [-0.39, 0.29) is 18.9 Å². The van der Waals surface area contributed by atoms with Crippen molar-refractivity contribution in [2.24, 2.45) is 4.99 Å². The van der Waals surface area contributed by atoms with Gasteiger partial charge in [0.15, 0.2) is 0 Å². The zero-order chi connectivity index (χ0) is 18.5. The minimum absolute atomic E-state index is 0.00350. The molecule has 0 unspecified atom stereocenters. The van der Waals surface area contributed by atoms with Crippen molar-refractivity contribution in [1.29, 1.82) is 0 Å². The Morgan fingerprint density at radius 2 is 1.91 bits per heavy atom. The van der Waals surface area contributed by atoms with Crippen molar-refractivity contribution in [3.8, 4) is 0 Å². The third-order valence-electron chi connectivity index (χ3n) is 3.56. The minimum atomic E-state index is -1.95. The topological polar surface area (TPSA) is 39.7 Å². The molecule has 2 aliphatic heterocycles. The number of para-hydroxylation sites is 1. The maximum absolute atomic E-state index is 8.38. The average Bonchev–Trinajstić information content (AvgIpc) is 2.70. The summed E-state index contributed by atoms with van der Waals surface area (Å²) in [6, 6.07) is 12.6. The maximum atomic E-state index is 8.38. The number of benzene rings is 2. The average molecular weight is 317 g/mol. The van der Waals surface area contributed by atoms with E-state index in [1.807, 2.05) is 30.3 Å². The first-order valence-electron chi connectivity index (χ1n) is 9.04. The predicted molar refractivity (Wildman–Crippen MR) is 91.8 cm³/mol. The predicted octanol–water partition coefficient (Wildman–Crippen LogP) is 3.38. The zero-order valence-electron chi connectivity index (χ0n) is 15.7. The van der Waals surface area contributed by atoms with Crippen LogP contribution < -0.4 is 10.6 Å². The van der Waals surface area contributed by atoms with Gasteiger partial charge in [-0.2, -0.15) is 0 Å². The van der Waals surface area contributed by atoms with Crippen molar-refractivity contribution in [3.63, 3.8) is 0 Å². The van der Waals surface area contributed by atoms with Crippen LogP contribution in [0.1, 0.15) is 11.0 Å². The number of piperazine rings is 1. The SMILES string of the molecule is [2H]C1([2H])CNCC([2H])([2H])N1C1=Nc2cc(Cl)ccc2Nc2ccccc21. The summed E-state index contributed by atoms with van der Waals surface area (Å²) >= 11 is 6.12. The molecule has 0 atom stereocenters. The molecule has 2 N–H and O–H groups in total. The maximum Gasteiger partial charge on any atom is 0.138 e. The highest BCUT2D eigenvalue weighted by Crippen LogP contribution is 2.36. The summed E-state index contributed by atoms with van der Waals surface area (Å²) in [5.41, 5.74) is 2.63. The highest BCUT2D eigenvalue weighted by molar-refractivity contribution is 6.31. The van der Waals surface area contributed by atoms with Crippen molar-refractivity contribution in [2.75, 3.05) is 31.4 Å². The fourth-order valence-corrected chi connectivity index (χ4v) is 2.68. The van der Waals surface area contributed by atoms with Crippen LogP contribution in [0.5, 0.6) is 0 Å². The van der Waals surface area contributed by atoms with E-state index in [1.54, 1.807) is 12.1 Å². The van der Waals surface area contributed by atoms with E-state index in [2.05, 4.69) is 15.6 Å². The smallest absolute Gasteiger partial charge is 0.138 e. The molecule has 112 valence electrons. The van der Waals surface area contributed by atoms with Crippen LogP contribution in [0.4, 0.5) is 17.1 Å². The molecule has 2 aliphatic rings. The highest BCUT2D eigenvalue weighted by Gasteiger charge is 2.22. The van der Waals surface area contributed by atoms with E-state index in [4.69, 9.17) is 17.1 Å². The largest absolute Gasteiger partial charge is 0.353 e. The van der Waals surface area contributed by atoms with Crippen LogP contribution in [0.2, 0.25) is 5.02 Å². The lowest BCUT2D eigenvalue weighted by atomic mass is 10.1. The Bertz CT molecular complexity index is 884. The molecule has 0 spiro atoms. The fourth-order valence-electron chi connectivity index (χ4n) is 2.52. The van der Waals surface area contributed by atoms with E-state index in [9.17, 15) is 0 Å². The first-order chi connectivity index (χ1) is 12.3. The van der Waals surface area contributed by atoms with Crippen molar-refractivity contribution in [1.82, 2.24) is 10.2 Å². The van der Waals surface area contributed by atoms with Crippen molar-refractivity contribution in [3.05, 3.63) is 53.1 Å². The number of aliphatic imine (C=N–C) groups is 1. The second-order valence-electron chi connectivity index (χ2n) is 5.02. The summed E-state index contributed by atoms with van der Waals surface area (Å²) in [6.45, 7) is -3.89. The van der Waals surface area contributed by atoms with Gasteiger partial charge in [0, 0.05) is 42.4 Å². The van der Waals surface area contributed by atoms with Crippen LogP contribution in [0, 0.1) is 0 Å². The Morgan fingerprint density at radius 1 is 1.09 bits per heavy atom. The molecule has 22 heavy (non-hydrogen) atoms. The summed E-state index contributed by atoms with van der Waals surface area (Å²) in [7, 11) is 0. The van der Waals surface area contributed by atoms with E-state index >= 15 is 0 Å². The summed E-state index contributed by atoms with van der Waals surface area (Å²) in [5, 5.41) is 6.62. The van der Waals surface area contributed by atoms with Crippen LogP contribution in [0.15, 0.2) is 47.5 Å². The molecule has 4 nitrogen and oxygen atoms in total. The summed E-state index contributed by atoms with van der Waals surface area (Å²) in [6.07, 6.45) is 0. The molecule has 4 rings (SSSR count). The molecule has 5 heteroatoms. The molecule has 0 amide bonds. The van der Waals surface area contributed by atoms with E-state index in [0.717, 1.165) is 16.3 Å². The quantitative estimate of drug-likeness (QED) is 0.782. The van der Waals surface area contributed by atoms with Crippen molar-refractivity contribution >= 4 is 34.5 Å². The lowest BCUT2D eigenvalue weighted by Gasteiger charge is -2.30. The summed E-state index contributed by atoms with van der Waals surface area (Å²) < 4.78 is 33.5. The van der Waals surface area contributed by atoms with E-state index in [0.29, 0.717) is 16.3 Å². The number of nitrogens with one attached hydrogen (secondary N) is 2. The highest BCUT2D eigenvalue weighted by atomic mass is 35.5.